The largest absolute Gasteiger partial charge is 0.303 e. The minimum absolute atomic E-state index is 0. The molecule has 3 aliphatic rings. The Bertz CT molecular complexity index is 530. The fourth-order valence-corrected chi connectivity index (χ4v) is 11.7. The fraction of sp³-hybridized carbons (Fsp3) is 0.917. The third-order valence-corrected chi connectivity index (χ3v) is 13.3. The highest BCUT2D eigenvalue weighted by Gasteiger charge is 2.31. The van der Waals surface area contributed by atoms with Crippen molar-refractivity contribution in [2.45, 2.75) is 101 Å². The van der Waals surface area contributed by atoms with Crippen molar-refractivity contribution in [3.8, 4) is 0 Å². The van der Waals surface area contributed by atoms with Gasteiger partial charge < -0.3 is 9.80 Å². The summed E-state index contributed by atoms with van der Waals surface area (Å²) in [6.45, 7) is 18.3. The normalized spacial score (nSPS) is 24.8. The topological polar surface area (TPSA) is 6.48 Å². The molecule has 2 nitrogen and oxygen atoms in total. The molecule has 3 fully saturated rings. The van der Waals surface area contributed by atoms with Gasteiger partial charge >= 0.3 is 0 Å². The first-order chi connectivity index (χ1) is 14.0. The number of hydrogen-bond acceptors (Lipinski definition) is 3. The third-order valence-electron chi connectivity index (χ3n) is 7.37. The molecule has 0 aromatic heterocycles. The monoisotopic (exact) mass is 522 g/mol. The van der Waals surface area contributed by atoms with E-state index in [1.165, 1.54) is 103 Å². The second-order valence-electron chi connectivity index (χ2n) is 10.0. The van der Waals surface area contributed by atoms with Crippen molar-refractivity contribution in [1.29, 1.82) is 0 Å². The van der Waals surface area contributed by atoms with E-state index in [1.54, 1.807) is 0 Å². The highest BCUT2D eigenvalue weighted by molar-refractivity contribution is 8.02. The summed E-state index contributed by atoms with van der Waals surface area (Å²) in [7, 11) is -0.587. The lowest BCUT2D eigenvalue weighted by molar-refractivity contribution is 0.235. The Morgan fingerprint density at radius 1 is 0.645 bits per heavy atom. The van der Waals surface area contributed by atoms with E-state index >= 15 is 0 Å². The molecule has 0 N–H and O–H groups in total. The SMILES string of the molecule is C[Si](C)=C(CCN1CCCCC1)C1CCC(C(CCN2CCCCC2)=[Si](C)C)S1.Cl.Cl. The summed E-state index contributed by atoms with van der Waals surface area (Å²) in [4.78, 5) is 5.50. The van der Waals surface area contributed by atoms with Crippen molar-refractivity contribution in [3.63, 3.8) is 0 Å². The van der Waals surface area contributed by atoms with Crippen LogP contribution in [0.15, 0.2) is 0 Å². The molecule has 0 spiro atoms. The molecule has 3 rings (SSSR count). The fourth-order valence-electron chi connectivity index (χ4n) is 5.54. The third kappa shape index (κ3) is 9.66. The molecule has 0 amide bonds. The second kappa shape index (κ2) is 15.8. The van der Waals surface area contributed by atoms with Crippen LogP contribution in [-0.4, -0.2) is 86.7 Å². The van der Waals surface area contributed by atoms with Gasteiger partial charge in [0.15, 0.2) is 0 Å². The molecule has 2 atom stereocenters. The molecule has 0 aliphatic carbocycles. The number of likely N-dealkylation sites (tertiary alicyclic amines) is 2. The summed E-state index contributed by atoms with van der Waals surface area (Å²) in [5, 5.41) is 5.70. The molecule has 7 heteroatoms. The van der Waals surface area contributed by atoms with E-state index in [0.717, 1.165) is 10.5 Å². The minimum atomic E-state index is -0.293. The van der Waals surface area contributed by atoms with E-state index in [0.29, 0.717) is 0 Å². The zero-order valence-corrected chi connectivity index (χ0v) is 25.0. The Morgan fingerprint density at radius 2 is 1.00 bits per heavy atom. The van der Waals surface area contributed by atoms with Gasteiger partial charge in [0.05, 0.1) is 0 Å². The lowest BCUT2D eigenvalue weighted by atomic mass is 10.1. The predicted molar refractivity (Wildman–Crippen MR) is 154 cm³/mol. The van der Waals surface area contributed by atoms with Crippen molar-refractivity contribution < 1.29 is 0 Å². The maximum absolute atomic E-state index is 2.75. The van der Waals surface area contributed by atoms with E-state index in [4.69, 9.17) is 0 Å². The molecule has 0 bridgehead atoms. The molecule has 0 aromatic carbocycles. The molecule has 3 heterocycles. The first kappa shape index (κ1) is 30.1. The van der Waals surface area contributed by atoms with Gasteiger partial charge in [0.1, 0.15) is 0 Å². The summed E-state index contributed by atoms with van der Waals surface area (Å²) < 4.78 is 0. The highest BCUT2D eigenvalue weighted by atomic mass is 35.5. The molecule has 3 saturated heterocycles. The number of nitrogens with zero attached hydrogens (tertiary/aromatic N) is 2. The number of piperidine rings is 2. The Balaban J connectivity index is 0.00000240. The van der Waals surface area contributed by atoms with Gasteiger partial charge in [0.25, 0.3) is 0 Å². The zero-order chi connectivity index (χ0) is 20.6. The molecular weight excluding hydrogens is 475 g/mol. The van der Waals surface area contributed by atoms with Gasteiger partial charge in [0.2, 0.25) is 0 Å². The summed E-state index contributed by atoms with van der Waals surface area (Å²) in [5.41, 5.74) is 0. The van der Waals surface area contributed by atoms with E-state index in [1.807, 2.05) is 10.3 Å². The first-order valence-corrected chi connectivity index (χ1v) is 18.4. The van der Waals surface area contributed by atoms with Crippen molar-refractivity contribution >= 4 is 63.7 Å². The van der Waals surface area contributed by atoms with Crippen molar-refractivity contribution in [3.05, 3.63) is 0 Å². The molecule has 0 radical (unpaired) electrons. The molecule has 0 aromatic rings. The first-order valence-electron chi connectivity index (χ1n) is 12.5. The van der Waals surface area contributed by atoms with E-state index in [9.17, 15) is 0 Å². The summed E-state index contributed by atoms with van der Waals surface area (Å²) >= 11 is 2.40. The van der Waals surface area contributed by atoms with Crippen LogP contribution < -0.4 is 0 Å². The van der Waals surface area contributed by atoms with Gasteiger partial charge in [-0.3, -0.25) is 0 Å². The van der Waals surface area contributed by atoms with Gasteiger partial charge in [-0.05, 0) is 77.5 Å². The van der Waals surface area contributed by atoms with Crippen LogP contribution in [0, 0.1) is 0 Å². The summed E-state index contributed by atoms with van der Waals surface area (Å²) in [6.07, 6.45) is 14.3. The maximum atomic E-state index is 2.75. The number of rotatable bonds is 8. The highest BCUT2D eigenvalue weighted by Crippen LogP contribution is 2.37. The van der Waals surface area contributed by atoms with Crippen LogP contribution in [0.25, 0.3) is 0 Å². The summed E-state index contributed by atoms with van der Waals surface area (Å²) in [5.74, 6) is 0. The number of halogens is 2. The number of hydrogen-bond donors (Lipinski definition) is 0. The van der Waals surface area contributed by atoms with Gasteiger partial charge in [-0.15, -0.1) is 36.6 Å². The van der Waals surface area contributed by atoms with Gasteiger partial charge in [-0.25, -0.2) is 0 Å². The zero-order valence-electron chi connectivity index (χ0n) is 20.6. The Hall–Kier alpha value is 1.02. The molecule has 0 saturated carbocycles. The van der Waals surface area contributed by atoms with Crippen molar-refractivity contribution in [2.24, 2.45) is 0 Å². The van der Waals surface area contributed by atoms with Gasteiger partial charge in [-0.2, -0.15) is 0 Å². The van der Waals surface area contributed by atoms with Crippen LogP contribution in [-0.2, 0) is 0 Å². The molecule has 2 unspecified atom stereocenters. The molecular formula is C24H48Cl2N2SSi2. The molecule has 182 valence electrons. The summed E-state index contributed by atoms with van der Waals surface area (Å²) in [6, 6.07) is 0. The van der Waals surface area contributed by atoms with Crippen LogP contribution in [0.4, 0.5) is 0 Å². The van der Waals surface area contributed by atoms with Gasteiger partial charge in [0, 0.05) is 40.4 Å². The van der Waals surface area contributed by atoms with Crippen LogP contribution in [0.3, 0.4) is 0 Å². The van der Waals surface area contributed by atoms with E-state index in [2.05, 4.69) is 47.7 Å². The Labute approximate surface area is 212 Å². The van der Waals surface area contributed by atoms with Crippen LogP contribution in [0.5, 0.6) is 0 Å². The smallest absolute Gasteiger partial charge is 0.0224 e. The lowest BCUT2D eigenvalue weighted by Crippen LogP contribution is -2.35. The Morgan fingerprint density at radius 3 is 1.32 bits per heavy atom. The minimum Gasteiger partial charge on any atom is -0.303 e. The van der Waals surface area contributed by atoms with Crippen LogP contribution >= 0.6 is 36.6 Å². The van der Waals surface area contributed by atoms with Crippen molar-refractivity contribution in [2.75, 3.05) is 39.3 Å². The van der Waals surface area contributed by atoms with Crippen molar-refractivity contribution in [1.82, 2.24) is 9.80 Å². The lowest BCUT2D eigenvalue weighted by Gasteiger charge is -2.29. The van der Waals surface area contributed by atoms with Crippen LogP contribution in [0.2, 0.25) is 26.2 Å². The van der Waals surface area contributed by atoms with Crippen LogP contribution in [0.1, 0.15) is 64.2 Å². The average Bonchev–Trinajstić information content (AvgIpc) is 3.19. The molecule has 31 heavy (non-hydrogen) atoms. The average molecular weight is 524 g/mol. The van der Waals surface area contributed by atoms with Gasteiger partial charge in [-0.1, -0.05) is 49.4 Å². The molecule has 3 aliphatic heterocycles. The van der Waals surface area contributed by atoms with E-state index in [-0.39, 0.29) is 41.6 Å². The predicted octanol–water partition coefficient (Wildman–Crippen LogP) is 5.86. The number of thioether (sulfide) groups is 1. The maximum Gasteiger partial charge on any atom is 0.0224 e. The standard InChI is InChI=1S/C24H46N2SSi2.2ClH/c1-28(2)23(13-19-25-15-7-5-8-16-25)21-11-12-22(27-21)24(29(3)4)14-20-26-17-9-6-10-18-26;;/h21-22H,5-20H2,1-4H3;2*1H. The second-order valence-corrected chi connectivity index (χ2v) is 16.7. The van der Waals surface area contributed by atoms with E-state index < -0.39 is 0 Å². The Kier molecular flexibility index (Phi) is 15.4. The quantitative estimate of drug-likeness (QED) is 0.368.